The van der Waals surface area contributed by atoms with Gasteiger partial charge in [-0.25, -0.2) is 19.8 Å². The van der Waals surface area contributed by atoms with Gasteiger partial charge in [0.2, 0.25) is 11.5 Å². The summed E-state index contributed by atoms with van der Waals surface area (Å²) < 4.78 is 22.8. The highest BCUT2D eigenvalue weighted by atomic mass is 19.1. The van der Waals surface area contributed by atoms with Crippen LogP contribution in [0.3, 0.4) is 0 Å². The lowest BCUT2D eigenvalue weighted by Crippen LogP contribution is -2.42. The summed E-state index contributed by atoms with van der Waals surface area (Å²) in [6.45, 7) is 3.32. The van der Waals surface area contributed by atoms with Gasteiger partial charge >= 0.3 is 5.69 Å². The molecule has 5 rings (SSSR count). The Balaban J connectivity index is 1.43. The lowest BCUT2D eigenvalue weighted by Gasteiger charge is -2.22. The Bertz CT molecular complexity index is 1860. The van der Waals surface area contributed by atoms with Gasteiger partial charge in [0.25, 0.3) is 11.5 Å². The summed E-state index contributed by atoms with van der Waals surface area (Å²) in [6.07, 6.45) is 5.76. The van der Waals surface area contributed by atoms with Crippen molar-refractivity contribution in [3.8, 4) is 0 Å². The third-order valence-corrected chi connectivity index (χ3v) is 7.30. The van der Waals surface area contributed by atoms with Crippen LogP contribution in [0.2, 0.25) is 0 Å². The van der Waals surface area contributed by atoms with Crippen LogP contribution in [-0.2, 0) is 30.8 Å². The molecule has 0 aromatic carbocycles. The first-order valence-corrected chi connectivity index (χ1v) is 14.3. The molecule has 0 radical (unpaired) electrons. The number of nitrogens with zero attached hydrogens (tertiary/aromatic N) is 7. The van der Waals surface area contributed by atoms with Gasteiger partial charge in [-0.1, -0.05) is 13.0 Å². The smallest absolute Gasteiger partial charge is 0.332 e. The molecule has 0 spiro atoms. The molecule has 0 unspecified atom stereocenters. The van der Waals surface area contributed by atoms with Crippen molar-refractivity contribution in [2.75, 3.05) is 25.2 Å². The third kappa shape index (κ3) is 6.32. The van der Waals surface area contributed by atoms with Gasteiger partial charge in [0.15, 0.2) is 0 Å². The molecule has 5 heterocycles. The van der Waals surface area contributed by atoms with Gasteiger partial charge < -0.3 is 9.30 Å². The van der Waals surface area contributed by atoms with E-state index >= 15 is 0 Å². The largest absolute Gasteiger partial charge is 0.383 e. The molecule has 0 fully saturated rings. The number of aliphatic imine (C=N–C) groups is 1. The summed E-state index contributed by atoms with van der Waals surface area (Å²) in [5.41, 5.74) is 0.870. The molecule has 0 saturated carbocycles. The van der Waals surface area contributed by atoms with Crippen LogP contribution >= 0.6 is 0 Å². The second-order valence-electron chi connectivity index (χ2n) is 10.2. The Labute approximate surface area is 251 Å². The number of carbonyl (C=O) groups is 1. The Kier molecular flexibility index (Phi) is 9.34. The average molecular weight is 602 g/mol. The van der Waals surface area contributed by atoms with Crippen LogP contribution in [0.5, 0.6) is 0 Å². The van der Waals surface area contributed by atoms with Gasteiger partial charge in [0.05, 0.1) is 30.0 Å². The van der Waals surface area contributed by atoms with Crippen molar-refractivity contribution in [1.29, 1.82) is 0 Å². The Hall–Kier alpha value is -5.04. The summed E-state index contributed by atoms with van der Waals surface area (Å²) in [4.78, 5) is 66.2. The maximum atomic E-state index is 13.5. The van der Waals surface area contributed by atoms with E-state index in [1.165, 1.54) is 39.5 Å². The molecule has 0 bridgehead atoms. The molecule has 4 aromatic rings. The number of rotatable bonds is 12. The van der Waals surface area contributed by atoms with E-state index < -0.39 is 17.5 Å². The van der Waals surface area contributed by atoms with Crippen LogP contribution in [0.25, 0.3) is 0 Å². The molecule has 0 aliphatic carbocycles. The fraction of sp³-hybridized carbons (Fsp3) is 0.323. The highest BCUT2D eigenvalue weighted by molar-refractivity contribution is 6.07. The minimum atomic E-state index is -0.702. The Morgan fingerprint density at radius 3 is 2.52 bits per heavy atom. The number of anilines is 1. The highest BCUT2D eigenvalue weighted by Crippen LogP contribution is 2.26. The lowest BCUT2D eigenvalue weighted by molar-refractivity contribution is 0.0985. The molecule has 0 saturated heterocycles. The summed E-state index contributed by atoms with van der Waals surface area (Å²) in [5, 5.41) is 0. The number of carbonyl (C=O) groups excluding carboxylic acids is 1. The van der Waals surface area contributed by atoms with Gasteiger partial charge in [-0.05, 0) is 43.2 Å². The Morgan fingerprint density at radius 2 is 1.84 bits per heavy atom. The zero-order valence-electron chi connectivity index (χ0n) is 24.5. The number of amides is 1. The maximum absolute atomic E-state index is 13.5. The monoisotopic (exact) mass is 601 g/mol. The number of hydrogen-bond acceptors (Lipinski definition) is 8. The Morgan fingerprint density at radius 1 is 1.00 bits per heavy atom. The molecule has 12 nitrogen and oxygen atoms in total. The second kappa shape index (κ2) is 13.5. The molecule has 228 valence electrons. The van der Waals surface area contributed by atoms with Crippen molar-refractivity contribution in [3.05, 3.63) is 115 Å². The number of ether oxygens (including phenoxy) is 1. The number of aromatic nitrogens is 5. The standard InChI is InChI=1S/C31H32FN7O5/c1-3-12-38-28-23(30(42)39(31(38)43)16-17-44-2)18-24(35-28)21-9-11-26(34-19-21)37(29(41)22-8-10-25(32)33-20-22)15-6-14-36-13-5-4-7-27(36)40/h4-5,7-11,13,19-20H,3,6,12,14-18H2,1-2H3. The first kappa shape index (κ1) is 30.4. The molecule has 4 aromatic heterocycles. The molecule has 1 amide bonds. The van der Waals surface area contributed by atoms with Gasteiger partial charge in [-0.3, -0.25) is 28.4 Å². The van der Waals surface area contributed by atoms with E-state index in [-0.39, 0.29) is 42.8 Å². The van der Waals surface area contributed by atoms with E-state index in [0.717, 1.165) is 6.07 Å². The van der Waals surface area contributed by atoms with Crippen LogP contribution in [0.4, 0.5) is 16.0 Å². The van der Waals surface area contributed by atoms with Crippen LogP contribution in [0, 0.1) is 5.95 Å². The quantitative estimate of drug-likeness (QED) is 0.228. The van der Waals surface area contributed by atoms with E-state index in [1.807, 2.05) is 6.92 Å². The SMILES string of the molecule is CCCn1c2c(c(=O)n(CCOC)c1=O)CC(c1ccc(N(CCCn3ccccc3=O)C(=O)c3ccc(F)nc3)nc1)=N2. The van der Waals surface area contributed by atoms with Crippen LogP contribution in [-0.4, -0.2) is 55.5 Å². The second-order valence-corrected chi connectivity index (χ2v) is 10.2. The molecule has 44 heavy (non-hydrogen) atoms. The first-order valence-electron chi connectivity index (χ1n) is 14.3. The van der Waals surface area contributed by atoms with Crippen molar-refractivity contribution >= 4 is 23.3 Å². The van der Waals surface area contributed by atoms with E-state index in [0.29, 0.717) is 54.4 Å². The molecular weight excluding hydrogens is 569 g/mol. The fourth-order valence-corrected chi connectivity index (χ4v) is 5.07. The molecule has 1 aliphatic heterocycles. The fourth-order valence-electron chi connectivity index (χ4n) is 5.07. The average Bonchev–Trinajstić information content (AvgIpc) is 3.48. The zero-order chi connectivity index (χ0) is 31.2. The minimum absolute atomic E-state index is 0.142. The van der Waals surface area contributed by atoms with Crippen molar-refractivity contribution < 1.29 is 13.9 Å². The third-order valence-electron chi connectivity index (χ3n) is 7.30. The zero-order valence-corrected chi connectivity index (χ0v) is 24.5. The van der Waals surface area contributed by atoms with Crippen molar-refractivity contribution in [2.45, 2.75) is 45.8 Å². The summed E-state index contributed by atoms with van der Waals surface area (Å²) in [5.74, 6) is -0.438. The number of fused-ring (bicyclic) bond motifs is 1. The minimum Gasteiger partial charge on any atom is -0.383 e. The number of methoxy groups -OCH3 is 1. The van der Waals surface area contributed by atoms with Crippen LogP contribution in [0.1, 0.15) is 41.3 Å². The van der Waals surface area contributed by atoms with Gasteiger partial charge in [-0.2, -0.15) is 4.39 Å². The predicted molar refractivity (Wildman–Crippen MR) is 162 cm³/mol. The highest BCUT2D eigenvalue weighted by Gasteiger charge is 2.26. The van der Waals surface area contributed by atoms with Crippen LogP contribution in [0.15, 0.2) is 80.4 Å². The molecular formula is C31H32FN7O5. The van der Waals surface area contributed by atoms with E-state index in [4.69, 9.17) is 4.74 Å². The van der Waals surface area contributed by atoms with Crippen molar-refractivity contribution in [3.63, 3.8) is 0 Å². The summed E-state index contributed by atoms with van der Waals surface area (Å²) in [6, 6.07) is 10.8. The van der Waals surface area contributed by atoms with Crippen LogP contribution < -0.4 is 21.7 Å². The summed E-state index contributed by atoms with van der Waals surface area (Å²) in [7, 11) is 1.51. The number of halogens is 1. The summed E-state index contributed by atoms with van der Waals surface area (Å²) >= 11 is 0. The number of hydrogen-bond donors (Lipinski definition) is 0. The number of pyridine rings is 3. The van der Waals surface area contributed by atoms with Gasteiger partial charge in [0.1, 0.15) is 11.6 Å². The maximum Gasteiger partial charge on any atom is 0.332 e. The van der Waals surface area contributed by atoms with E-state index in [2.05, 4.69) is 15.0 Å². The topological polar surface area (TPSA) is 134 Å². The van der Waals surface area contributed by atoms with E-state index in [1.54, 1.807) is 41.2 Å². The van der Waals surface area contributed by atoms with Gasteiger partial charge in [0, 0.05) is 63.4 Å². The normalized spacial score (nSPS) is 12.2. The lowest BCUT2D eigenvalue weighted by atomic mass is 10.1. The first-order chi connectivity index (χ1) is 21.3. The molecule has 0 atom stereocenters. The predicted octanol–water partition coefficient (Wildman–Crippen LogP) is 2.57. The molecule has 0 N–H and O–H groups in total. The molecule has 13 heteroatoms. The van der Waals surface area contributed by atoms with E-state index in [9.17, 15) is 23.6 Å². The van der Waals surface area contributed by atoms with Crippen molar-refractivity contribution in [1.82, 2.24) is 23.7 Å². The van der Waals surface area contributed by atoms with Gasteiger partial charge in [-0.15, -0.1) is 0 Å². The number of aryl methyl sites for hydroxylation is 1. The van der Waals surface area contributed by atoms with Crippen molar-refractivity contribution in [2.24, 2.45) is 4.99 Å². The molecule has 1 aliphatic rings.